The Kier molecular flexibility index (Phi) is 6.71. The van der Waals surface area contributed by atoms with E-state index in [4.69, 9.17) is 0 Å². The fourth-order valence-electron chi connectivity index (χ4n) is 3.62. The van der Waals surface area contributed by atoms with Gasteiger partial charge < -0.3 is 10.6 Å². The minimum Gasteiger partial charge on any atom is -0.326 e. The Hall–Kier alpha value is -3.63. The molecule has 0 aromatic heterocycles. The maximum atomic E-state index is 13.6. The number of rotatable bonds is 7. The quantitative estimate of drug-likeness (QED) is 0.477. The number of fused-ring (bicyclic) bond motifs is 1. The molecule has 176 valence electrons. The van der Waals surface area contributed by atoms with Crippen molar-refractivity contribution in [3.05, 3.63) is 89.5 Å². The highest BCUT2D eigenvalue weighted by Gasteiger charge is 2.27. The Morgan fingerprint density at radius 1 is 0.971 bits per heavy atom. The van der Waals surface area contributed by atoms with E-state index < -0.39 is 33.6 Å². The molecule has 1 heterocycles. The molecular weight excluding hydrogens is 464 g/mol. The van der Waals surface area contributed by atoms with Gasteiger partial charge in [0.15, 0.2) is 11.6 Å². The van der Waals surface area contributed by atoms with Crippen molar-refractivity contribution in [3.8, 4) is 0 Å². The van der Waals surface area contributed by atoms with Crippen molar-refractivity contribution >= 4 is 33.2 Å². The van der Waals surface area contributed by atoms with E-state index >= 15 is 0 Å². The number of aryl methyl sites for hydroxylation is 1. The van der Waals surface area contributed by atoms with Crippen LogP contribution in [0.1, 0.15) is 17.5 Å². The summed E-state index contributed by atoms with van der Waals surface area (Å²) in [6, 6.07) is 14.7. The number of carbonyl (C=O) groups is 2. The molecule has 3 aromatic carbocycles. The number of hydrogen-bond acceptors (Lipinski definition) is 4. The van der Waals surface area contributed by atoms with Crippen molar-refractivity contribution in [1.82, 2.24) is 4.72 Å². The Labute approximate surface area is 195 Å². The Bertz CT molecular complexity index is 1350. The lowest BCUT2D eigenvalue weighted by Gasteiger charge is -2.21. The molecular formula is C24H21F2N3O4S. The summed E-state index contributed by atoms with van der Waals surface area (Å²) >= 11 is 0. The summed E-state index contributed by atoms with van der Waals surface area (Å²) in [4.78, 5) is 24.5. The zero-order chi connectivity index (χ0) is 24.3. The largest absolute Gasteiger partial charge is 0.326 e. The number of sulfonamides is 1. The van der Waals surface area contributed by atoms with E-state index in [1.807, 2.05) is 0 Å². The van der Waals surface area contributed by atoms with E-state index in [2.05, 4.69) is 15.4 Å². The fraction of sp³-hybridized carbons (Fsp3) is 0.167. The average Bonchev–Trinajstić information content (AvgIpc) is 2.81. The minimum atomic E-state index is -4.14. The summed E-state index contributed by atoms with van der Waals surface area (Å²) in [6.45, 7) is 0. The molecule has 1 aliphatic heterocycles. The Morgan fingerprint density at radius 2 is 1.74 bits per heavy atom. The van der Waals surface area contributed by atoms with Gasteiger partial charge in [0.05, 0.1) is 4.90 Å². The molecule has 0 fully saturated rings. The second-order valence-electron chi connectivity index (χ2n) is 7.85. The van der Waals surface area contributed by atoms with Gasteiger partial charge in [0.2, 0.25) is 21.8 Å². The minimum absolute atomic E-state index is 0.00863. The van der Waals surface area contributed by atoms with Crippen LogP contribution in [0.2, 0.25) is 0 Å². The lowest BCUT2D eigenvalue weighted by atomic mass is 10.0. The van der Waals surface area contributed by atoms with Crippen molar-refractivity contribution < 1.29 is 26.8 Å². The van der Waals surface area contributed by atoms with Gasteiger partial charge in [0.1, 0.15) is 6.04 Å². The lowest BCUT2D eigenvalue weighted by molar-refractivity contribution is -0.118. The van der Waals surface area contributed by atoms with Crippen LogP contribution in [0.5, 0.6) is 0 Å². The molecule has 0 saturated heterocycles. The molecule has 3 aromatic rings. The van der Waals surface area contributed by atoms with Gasteiger partial charge >= 0.3 is 0 Å². The number of amides is 2. The first kappa shape index (κ1) is 23.5. The zero-order valence-corrected chi connectivity index (χ0v) is 18.7. The van der Waals surface area contributed by atoms with E-state index in [9.17, 15) is 26.8 Å². The van der Waals surface area contributed by atoms with Gasteiger partial charge in [0.25, 0.3) is 0 Å². The number of halogens is 2. The molecule has 7 nitrogen and oxygen atoms in total. The van der Waals surface area contributed by atoms with Gasteiger partial charge in [-0.2, -0.15) is 4.72 Å². The van der Waals surface area contributed by atoms with Gasteiger partial charge in [-0.25, -0.2) is 17.2 Å². The van der Waals surface area contributed by atoms with Crippen LogP contribution in [-0.2, 0) is 32.5 Å². The zero-order valence-electron chi connectivity index (χ0n) is 17.8. The highest BCUT2D eigenvalue weighted by molar-refractivity contribution is 7.89. The highest BCUT2D eigenvalue weighted by atomic mass is 32.2. The predicted molar refractivity (Wildman–Crippen MR) is 123 cm³/mol. The number of anilines is 2. The summed E-state index contributed by atoms with van der Waals surface area (Å²) in [5.41, 5.74) is 1.91. The van der Waals surface area contributed by atoms with Crippen LogP contribution in [0.4, 0.5) is 20.2 Å². The Morgan fingerprint density at radius 3 is 2.47 bits per heavy atom. The molecule has 34 heavy (non-hydrogen) atoms. The van der Waals surface area contributed by atoms with E-state index in [1.165, 1.54) is 24.3 Å². The second-order valence-corrected chi connectivity index (χ2v) is 9.56. The van der Waals surface area contributed by atoms with Crippen molar-refractivity contribution in [2.24, 2.45) is 0 Å². The molecule has 0 aliphatic carbocycles. The van der Waals surface area contributed by atoms with Gasteiger partial charge in [0, 0.05) is 23.9 Å². The van der Waals surface area contributed by atoms with Crippen LogP contribution in [0.15, 0.2) is 71.6 Å². The number of benzene rings is 3. The van der Waals surface area contributed by atoms with Gasteiger partial charge in [-0.3, -0.25) is 9.59 Å². The molecule has 4 rings (SSSR count). The molecule has 10 heteroatoms. The molecule has 2 amide bonds. The summed E-state index contributed by atoms with van der Waals surface area (Å²) < 4.78 is 55.5. The molecule has 0 unspecified atom stereocenters. The SMILES string of the molecule is O=C1CCc2cc(S(=O)(=O)N[C@@H](Cc3ccccc3)C(=O)Nc3ccc(F)c(F)c3)ccc2N1. The van der Waals surface area contributed by atoms with Crippen LogP contribution in [0.3, 0.4) is 0 Å². The molecule has 3 N–H and O–H groups in total. The maximum absolute atomic E-state index is 13.6. The highest BCUT2D eigenvalue weighted by Crippen LogP contribution is 2.26. The van der Waals surface area contributed by atoms with Gasteiger partial charge in [-0.05, 0) is 54.3 Å². The normalized spacial score (nSPS) is 14.1. The van der Waals surface area contributed by atoms with Crippen LogP contribution in [0, 0.1) is 11.6 Å². The second kappa shape index (κ2) is 9.70. The molecule has 0 bridgehead atoms. The molecule has 0 saturated carbocycles. The fourth-order valence-corrected chi connectivity index (χ4v) is 4.87. The first-order chi connectivity index (χ1) is 16.2. The molecule has 1 atom stereocenters. The maximum Gasteiger partial charge on any atom is 0.242 e. The molecule has 0 radical (unpaired) electrons. The topological polar surface area (TPSA) is 104 Å². The standard InChI is InChI=1S/C24H21F2N3O4S/c25-19-9-7-17(14-20(19)26)27-24(31)22(12-15-4-2-1-3-5-15)29-34(32,33)18-8-10-21-16(13-18)6-11-23(30)28-21/h1-5,7-10,13-14,22,29H,6,11-12H2,(H,27,31)(H,28,30)/t22-/m0/s1. The van der Waals surface area contributed by atoms with Gasteiger partial charge in [-0.1, -0.05) is 30.3 Å². The van der Waals surface area contributed by atoms with Crippen molar-refractivity contribution in [3.63, 3.8) is 0 Å². The summed E-state index contributed by atoms with van der Waals surface area (Å²) in [5.74, 6) is -3.08. The van der Waals surface area contributed by atoms with Gasteiger partial charge in [-0.15, -0.1) is 0 Å². The third-order valence-electron chi connectivity index (χ3n) is 5.37. The number of carbonyl (C=O) groups excluding carboxylic acids is 2. The first-order valence-electron chi connectivity index (χ1n) is 10.5. The van der Waals surface area contributed by atoms with Crippen molar-refractivity contribution in [1.29, 1.82) is 0 Å². The van der Waals surface area contributed by atoms with Crippen LogP contribution < -0.4 is 15.4 Å². The molecule has 0 spiro atoms. The number of nitrogens with one attached hydrogen (secondary N) is 3. The smallest absolute Gasteiger partial charge is 0.242 e. The van der Waals surface area contributed by atoms with E-state index in [0.29, 0.717) is 23.2 Å². The van der Waals surface area contributed by atoms with Crippen LogP contribution in [-0.4, -0.2) is 26.3 Å². The molecule has 1 aliphatic rings. The first-order valence-corrected chi connectivity index (χ1v) is 11.9. The average molecular weight is 486 g/mol. The van der Waals surface area contributed by atoms with Crippen LogP contribution >= 0.6 is 0 Å². The van der Waals surface area contributed by atoms with E-state index in [-0.39, 0.29) is 29.3 Å². The predicted octanol–water partition coefficient (Wildman–Crippen LogP) is 3.38. The van der Waals surface area contributed by atoms with Crippen LogP contribution in [0.25, 0.3) is 0 Å². The summed E-state index contributed by atoms with van der Waals surface area (Å²) in [5, 5.41) is 5.13. The number of hydrogen-bond donors (Lipinski definition) is 3. The Balaban J connectivity index is 1.60. The summed E-state index contributed by atoms with van der Waals surface area (Å²) in [7, 11) is -4.14. The van der Waals surface area contributed by atoms with Crippen molar-refractivity contribution in [2.75, 3.05) is 10.6 Å². The van der Waals surface area contributed by atoms with Crippen molar-refractivity contribution in [2.45, 2.75) is 30.2 Å². The van der Waals surface area contributed by atoms with E-state index in [1.54, 1.807) is 30.3 Å². The monoisotopic (exact) mass is 485 g/mol. The summed E-state index contributed by atoms with van der Waals surface area (Å²) in [6.07, 6.45) is 0.669. The lowest BCUT2D eigenvalue weighted by Crippen LogP contribution is -2.45. The van der Waals surface area contributed by atoms with E-state index in [0.717, 1.165) is 12.1 Å². The third-order valence-corrected chi connectivity index (χ3v) is 6.84. The third kappa shape index (κ3) is 5.46.